The predicted octanol–water partition coefficient (Wildman–Crippen LogP) is 3.00. The SMILES string of the molecule is C=C(F)C(=O)N1CCN(c2nc(OC[C@@H]3CCCN3C)nc3c2CN(C)C(c2c(C)ccc4[nH]ncc24)C3)CC1. The fraction of sp³-hybridized carbons (Fsp3) is 0.517. The van der Waals surface area contributed by atoms with Gasteiger partial charge in [-0.05, 0) is 57.6 Å². The molecule has 1 N–H and O–H groups in total. The lowest BCUT2D eigenvalue weighted by Gasteiger charge is -2.39. The molecule has 0 radical (unpaired) electrons. The molecule has 11 heteroatoms. The number of aromatic nitrogens is 4. The minimum Gasteiger partial charge on any atom is -0.462 e. The van der Waals surface area contributed by atoms with Gasteiger partial charge < -0.3 is 19.4 Å². The van der Waals surface area contributed by atoms with Crippen LogP contribution in [0.3, 0.4) is 0 Å². The average molecular weight is 549 g/mol. The normalized spacial score (nSPS) is 22.1. The Kier molecular flexibility index (Phi) is 7.18. The number of nitrogens with zero attached hydrogens (tertiary/aromatic N) is 7. The first kappa shape index (κ1) is 26.6. The highest BCUT2D eigenvalue weighted by Crippen LogP contribution is 2.39. The second-order valence-corrected chi connectivity index (χ2v) is 11.3. The number of ether oxygens (including phenoxy) is 1. The van der Waals surface area contributed by atoms with Gasteiger partial charge in [-0.1, -0.05) is 12.6 Å². The number of rotatable bonds is 6. The molecule has 0 saturated carbocycles. The Labute approximate surface area is 233 Å². The minimum absolute atomic E-state index is 0.121. The van der Waals surface area contributed by atoms with Gasteiger partial charge in [-0.3, -0.25) is 14.8 Å². The van der Waals surface area contributed by atoms with E-state index in [1.807, 2.05) is 6.20 Å². The van der Waals surface area contributed by atoms with Crippen LogP contribution >= 0.6 is 0 Å². The molecule has 2 fully saturated rings. The van der Waals surface area contributed by atoms with Crippen molar-refractivity contribution in [3.8, 4) is 6.01 Å². The molecule has 0 bridgehead atoms. The summed E-state index contributed by atoms with van der Waals surface area (Å²) in [4.78, 5) is 30.4. The molecule has 3 aromatic rings. The quantitative estimate of drug-likeness (QED) is 0.470. The van der Waals surface area contributed by atoms with Gasteiger partial charge in [-0.15, -0.1) is 0 Å². The first-order valence-corrected chi connectivity index (χ1v) is 14.0. The number of anilines is 1. The molecular formula is C29H37FN8O2. The molecule has 0 spiro atoms. The summed E-state index contributed by atoms with van der Waals surface area (Å²) >= 11 is 0. The Morgan fingerprint density at radius 1 is 1.15 bits per heavy atom. The smallest absolute Gasteiger partial charge is 0.318 e. The molecule has 1 aromatic carbocycles. The van der Waals surface area contributed by atoms with Gasteiger partial charge in [0.25, 0.3) is 5.91 Å². The molecule has 6 rings (SSSR count). The van der Waals surface area contributed by atoms with Crippen molar-refractivity contribution in [2.45, 2.75) is 44.8 Å². The summed E-state index contributed by atoms with van der Waals surface area (Å²) in [6, 6.07) is 5.09. The highest BCUT2D eigenvalue weighted by Gasteiger charge is 2.34. The van der Waals surface area contributed by atoms with Gasteiger partial charge in [0.2, 0.25) is 0 Å². The molecule has 2 saturated heterocycles. The molecule has 3 aliphatic rings. The van der Waals surface area contributed by atoms with Gasteiger partial charge in [0.15, 0.2) is 5.83 Å². The number of piperazine rings is 1. The average Bonchev–Trinajstić information content (AvgIpc) is 3.59. The number of hydrogen-bond donors (Lipinski definition) is 1. The van der Waals surface area contributed by atoms with Crippen LogP contribution in [0, 0.1) is 6.92 Å². The van der Waals surface area contributed by atoms with Crippen LogP contribution < -0.4 is 9.64 Å². The maximum absolute atomic E-state index is 13.5. The number of aryl methyl sites for hydroxylation is 1. The van der Waals surface area contributed by atoms with Crippen LogP contribution in [-0.4, -0.2) is 100 Å². The maximum Gasteiger partial charge on any atom is 0.318 e. The summed E-state index contributed by atoms with van der Waals surface area (Å²) in [7, 11) is 4.27. The van der Waals surface area contributed by atoms with Crippen LogP contribution in [0.15, 0.2) is 30.7 Å². The van der Waals surface area contributed by atoms with E-state index >= 15 is 0 Å². The van der Waals surface area contributed by atoms with Crippen molar-refractivity contribution in [3.05, 3.63) is 53.1 Å². The standard InChI is InChI=1S/C29H37FN8O2/c1-18-7-8-23-21(15-31-34-23)26(18)25-14-24-22(16-36(25)4)27(37-10-12-38(13-11-37)28(39)19(2)30)33-29(32-24)40-17-20-6-5-9-35(20)3/h7-8,15,20,25H,2,5-6,9-14,16-17H2,1,3-4H3,(H,31,34)/t20-,25?/m0/s1. The Balaban J connectivity index is 1.33. The van der Waals surface area contributed by atoms with Gasteiger partial charge >= 0.3 is 6.01 Å². The van der Waals surface area contributed by atoms with E-state index in [4.69, 9.17) is 14.7 Å². The second kappa shape index (κ2) is 10.8. The van der Waals surface area contributed by atoms with Crippen molar-refractivity contribution in [1.82, 2.24) is 34.9 Å². The van der Waals surface area contributed by atoms with E-state index in [9.17, 15) is 9.18 Å². The Morgan fingerprint density at radius 3 is 2.67 bits per heavy atom. The lowest BCUT2D eigenvalue weighted by atomic mass is 9.89. The van der Waals surface area contributed by atoms with Crippen LogP contribution in [0.4, 0.5) is 10.2 Å². The summed E-state index contributed by atoms with van der Waals surface area (Å²) in [6.07, 6.45) is 4.89. The third-order valence-electron chi connectivity index (χ3n) is 8.77. The molecule has 212 valence electrons. The summed E-state index contributed by atoms with van der Waals surface area (Å²) in [5.74, 6) is -0.717. The van der Waals surface area contributed by atoms with Crippen molar-refractivity contribution >= 4 is 22.6 Å². The molecular weight excluding hydrogens is 511 g/mol. The minimum atomic E-state index is -0.920. The summed E-state index contributed by atoms with van der Waals surface area (Å²) in [5.41, 5.74) is 5.57. The number of amides is 1. The number of carbonyl (C=O) groups is 1. The number of likely N-dealkylation sites (N-methyl/N-ethyl adjacent to an activating group) is 2. The summed E-state index contributed by atoms with van der Waals surface area (Å²) < 4.78 is 19.7. The van der Waals surface area contributed by atoms with Crippen LogP contribution in [-0.2, 0) is 17.8 Å². The number of aromatic amines is 1. The van der Waals surface area contributed by atoms with E-state index in [2.05, 4.69) is 64.6 Å². The molecule has 2 atom stereocenters. The van der Waals surface area contributed by atoms with E-state index in [1.165, 1.54) is 22.4 Å². The van der Waals surface area contributed by atoms with Gasteiger partial charge in [0.1, 0.15) is 12.4 Å². The first-order chi connectivity index (χ1) is 19.3. The first-order valence-electron chi connectivity index (χ1n) is 14.0. The molecule has 3 aliphatic heterocycles. The fourth-order valence-electron chi connectivity index (χ4n) is 6.42. The zero-order chi connectivity index (χ0) is 28.0. The number of H-pyrrole nitrogens is 1. The Hall–Kier alpha value is -3.57. The number of likely N-dealkylation sites (tertiary alicyclic amines) is 1. The van der Waals surface area contributed by atoms with Gasteiger partial charge in [0.05, 0.1) is 17.4 Å². The predicted molar refractivity (Wildman–Crippen MR) is 151 cm³/mol. The van der Waals surface area contributed by atoms with Gasteiger partial charge in [-0.2, -0.15) is 15.1 Å². The summed E-state index contributed by atoms with van der Waals surface area (Å²) in [5, 5.41) is 8.53. The molecule has 2 aromatic heterocycles. The monoisotopic (exact) mass is 548 g/mol. The zero-order valence-corrected chi connectivity index (χ0v) is 23.5. The van der Waals surface area contributed by atoms with E-state index in [-0.39, 0.29) is 6.04 Å². The molecule has 0 aliphatic carbocycles. The number of benzene rings is 1. The van der Waals surface area contributed by atoms with Crippen molar-refractivity contribution in [3.63, 3.8) is 0 Å². The largest absolute Gasteiger partial charge is 0.462 e. The van der Waals surface area contributed by atoms with Crippen molar-refractivity contribution in [1.29, 1.82) is 0 Å². The van der Waals surface area contributed by atoms with E-state index < -0.39 is 11.7 Å². The van der Waals surface area contributed by atoms with Crippen molar-refractivity contribution in [2.75, 3.05) is 58.3 Å². The third-order valence-corrected chi connectivity index (χ3v) is 8.77. The van der Waals surface area contributed by atoms with Gasteiger partial charge in [0, 0.05) is 62.2 Å². The highest BCUT2D eigenvalue weighted by atomic mass is 19.1. The highest BCUT2D eigenvalue weighted by molar-refractivity contribution is 5.90. The van der Waals surface area contributed by atoms with Crippen LogP contribution in [0.1, 0.15) is 41.3 Å². The fourth-order valence-corrected chi connectivity index (χ4v) is 6.42. The van der Waals surface area contributed by atoms with E-state index in [0.29, 0.717) is 57.8 Å². The second-order valence-electron chi connectivity index (χ2n) is 11.3. The Bertz CT molecular complexity index is 1430. The number of halogens is 1. The molecule has 5 heterocycles. The van der Waals surface area contributed by atoms with E-state index in [1.54, 1.807) is 0 Å². The zero-order valence-electron chi connectivity index (χ0n) is 23.5. The van der Waals surface area contributed by atoms with Crippen LogP contribution in [0.2, 0.25) is 0 Å². The van der Waals surface area contributed by atoms with Crippen LogP contribution in [0.5, 0.6) is 6.01 Å². The number of hydrogen-bond acceptors (Lipinski definition) is 8. The van der Waals surface area contributed by atoms with E-state index in [0.717, 1.165) is 40.9 Å². The van der Waals surface area contributed by atoms with Crippen molar-refractivity contribution < 1.29 is 13.9 Å². The lowest BCUT2D eigenvalue weighted by Crippen LogP contribution is -2.49. The van der Waals surface area contributed by atoms with Crippen molar-refractivity contribution in [2.24, 2.45) is 0 Å². The number of nitrogens with one attached hydrogen (secondary N) is 1. The molecule has 40 heavy (non-hydrogen) atoms. The topological polar surface area (TPSA) is 93.7 Å². The number of fused-ring (bicyclic) bond motifs is 2. The maximum atomic E-state index is 13.5. The summed E-state index contributed by atoms with van der Waals surface area (Å²) in [6.45, 7) is 9.53. The molecule has 1 amide bonds. The molecule has 1 unspecified atom stereocenters. The third kappa shape index (κ3) is 4.92. The Morgan fingerprint density at radius 2 is 1.95 bits per heavy atom. The lowest BCUT2D eigenvalue weighted by molar-refractivity contribution is -0.128. The van der Waals surface area contributed by atoms with Crippen LogP contribution in [0.25, 0.3) is 10.9 Å². The van der Waals surface area contributed by atoms with Gasteiger partial charge in [-0.25, -0.2) is 4.39 Å². The number of carbonyl (C=O) groups excluding carboxylic acids is 1. The molecule has 10 nitrogen and oxygen atoms in total.